The third-order valence-electron chi connectivity index (χ3n) is 2.44. The SMILES string of the molecule is C=C(C)CCOc1ccc(C)cc1C(C)N. The summed E-state index contributed by atoms with van der Waals surface area (Å²) in [5, 5.41) is 0. The lowest BCUT2D eigenvalue weighted by Crippen LogP contribution is -2.09. The van der Waals surface area contributed by atoms with Gasteiger partial charge in [-0.25, -0.2) is 0 Å². The molecule has 1 aromatic carbocycles. The maximum Gasteiger partial charge on any atom is 0.124 e. The molecule has 0 radical (unpaired) electrons. The van der Waals surface area contributed by atoms with Crippen LogP contribution in [0, 0.1) is 6.92 Å². The Labute approximate surface area is 98.1 Å². The number of aryl methyl sites for hydroxylation is 1. The predicted octanol–water partition coefficient (Wildman–Crippen LogP) is 3.36. The van der Waals surface area contributed by atoms with Crippen molar-refractivity contribution in [1.82, 2.24) is 0 Å². The van der Waals surface area contributed by atoms with Crippen molar-refractivity contribution in [3.63, 3.8) is 0 Å². The van der Waals surface area contributed by atoms with Crippen LogP contribution < -0.4 is 10.5 Å². The van der Waals surface area contributed by atoms with E-state index in [9.17, 15) is 0 Å². The smallest absolute Gasteiger partial charge is 0.124 e. The Morgan fingerprint density at radius 1 is 1.50 bits per heavy atom. The first kappa shape index (κ1) is 12.8. The maximum absolute atomic E-state index is 5.92. The van der Waals surface area contributed by atoms with Crippen LogP contribution in [0.4, 0.5) is 0 Å². The van der Waals surface area contributed by atoms with Gasteiger partial charge in [0.15, 0.2) is 0 Å². The van der Waals surface area contributed by atoms with Crippen LogP contribution in [0.25, 0.3) is 0 Å². The highest BCUT2D eigenvalue weighted by Gasteiger charge is 2.08. The molecular weight excluding hydrogens is 198 g/mol. The van der Waals surface area contributed by atoms with Gasteiger partial charge in [-0.1, -0.05) is 23.3 Å². The molecule has 0 saturated carbocycles. The van der Waals surface area contributed by atoms with Crippen molar-refractivity contribution >= 4 is 0 Å². The topological polar surface area (TPSA) is 35.2 Å². The van der Waals surface area contributed by atoms with Gasteiger partial charge < -0.3 is 10.5 Å². The highest BCUT2D eigenvalue weighted by atomic mass is 16.5. The van der Waals surface area contributed by atoms with Gasteiger partial charge in [0.2, 0.25) is 0 Å². The quantitative estimate of drug-likeness (QED) is 0.771. The van der Waals surface area contributed by atoms with Gasteiger partial charge in [0.25, 0.3) is 0 Å². The Kier molecular flexibility index (Phi) is 4.56. The molecule has 0 aliphatic heterocycles. The minimum Gasteiger partial charge on any atom is -0.493 e. The van der Waals surface area contributed by atoms with E-state index in [2.05, 4.69) is 19.6 Å². The summed E-state index contributed by atoms with van der Waals surface area (Å²) >= 11 is 0. The lowest BCUT2D eigenvalue weighted by Gasteiger charge is -2.14. The summed E-state index contributed by atoms with van der Waals surface area (Å²) in [5.74, 6) is 0.891. The highest BCUT2D eigenvalue weighted by molar-refractivity contribution is 5.38. The number of ether oxygens (including phenoxy) is 1. The van der Waals surface area contributed by atoms with Crippen LogP contribution in [0.15, 0.2) is 30.4 Å². The van der Waals surface area contributed by atoms with Crippen LogP contribution >= 0.6 is 0 Å². The van der Waals surface area contributed by atoms with E-state index in [0.717, 1.165) is 23.3 Å². The number of hydrogen-bond donors (Lipinski definition) is 1. The number of hydrogen-bond acceptors (Lipinski definition) is 2. The van der Waals surface area contributed by atoms with E-state index >= 15 is 0 Å². The third-order valence-corrected chi connectivity index (χ3v) is 2.44. The molecular formula is C14H21NO. The highest BCUT2D eigenvalue weighted by Crippen LogP contribution is 2.25. The summed E-state index contributed by atoms with van der Waals surface area (Å²) in [6, 6.07) is 6.12. The third kappa shape index (κ3) is 3.70. The van der Waals surface area contributed by atoms with Gasteiger partial charge in [-0.3, -0.25) is 0 Å². The van der Waals surface area contributed by atoms with E-state index in [-0.39, 0.29) is 6.04 Å². The molecule has 88 valence electrons. The van der Waals surface area contributed by atoms with Gasteiger partial charge >= 0.3 is 0 Å². The van der Waals surface area contributed by atoms with Crippen molar-refractivity contribution in [1.29, 1.82) is 0 Å². The van der Waals surface area contributed by atoms with Gasteiger partial charge in [0.1, 0.15) is 5.75 Å². The van der Waals surface area contributed by atoms with Crippen LogP contribution in [-0.4, -0.2) is 6.61 Å². The summed E-state index contributed by atoms with van der Waals surface area (Å²) in [6.45, 7) is 10.6. The summed E-state index contributed by atoms with van der Waals surface area (Å²) < 4.78 is 5.72. The molecule has 2 N–H and O–H groups in total. The van der Waals surface area contributed by atoms with Crippen molar-refractivity contribution < 1.29 is 4.74 Å². The first-order valence-corrected chi connectivity index (χ1v) is 5.64. The number of benzene rings is 1. The Bertz CT molecular complexity index is 369. The number of rotatable bonds is 5. The van der Waals surface area contributed by atoms with E-state index in [1.54, 1.807) is 0 Å². The molecule has 0 aliphatic carbocycles. The lowest BCUT2D eigenvalue weighted by molar-refractivity contribution is 0.317. The summed E-state index contributed by atoms with van der Waals surface area (Å²) in [7, 11) is 0. The molecule has 0 fully saturated rings. The van der Waals surface area contributed by atoms with E-state index in [0.29, 0.717) is 6.61 Å². The minimum absolute atomic E-state index is 0.000252. The molecule has 0 spiro atoms. The molecule has 1 unspecified atom stereocenters. The first-order valence-electron chi connectivity index (χ1n) is 5.64. The average molecular weight is 219 g/mol. The Balaban J connectivity index is 2.74. The molecule has 0 aromatic heterocycles. The summed E-state index contributed by atoms with van der Waals surface area (Å²) in [6.07, 6.45) is 0.881. The largest absolute Gasteiger partial charge is 0.493 e. The second-order valence-electron chi connectivity index (χ2n) is 4.39. The fourth-order valence-corrected chi connectivity index (χ4v) is 1.49. The second kappa shape index (κ2) is 5.71. The van der Waals surface area contributed by atoms with Crippen LogP contribution in [0.2, 0.25) is 0 Å². The molecule has 2 nitrogen and oxygen atoms in total. The van der Waals surface area contributed by atoms with Crippen LogP contribution in [0.1, 0.15) is 37.4 Å². The zero-order valence-electron chi connectivity index (χ0n) is 10.4. The Morgan fingerprint density at radius 3 is 2.75 bits per heavy atom. The van der Waals surface area contributed by atoms with Crippen molar-refractivity contribution in [3.05, 3.63) is 41.5 Å². The van der Waals surface area contributed by atoms with Gasteiger partial charge in [0, 0.05) is 18.0 Å². The molecule has 16 heavy (non-hydrogen) atoms. The second-order valence-corrected chi connectivity index (χ2v) is 4.39. The molecule has 1 rings (SSSR count). The van der Waals surface area contributed by atoms with Crippen LogP contribution in [0.3, 0.4) is 0 Å². The first-order chi connectivity index (χ1) is 7.50. The maximum atomic E-state index is 5.92. The number of nitrogens with two attached hydrogens (primary N) is 1. The fourth-order valence-electron chi connectivity index (χ4n) is 1.49. The van der Waals surface area contributed by atoms with E-state index in [1.807, 2.05) is 26.0 Å². The predicted molar refractivity (Wildman–Crippen MR) is 68.7 cm³/mol. The van der Waals surface area contributed by atoms with Crippen molar-refractivity contribution in [2.75, 3.05) is 6.61 Å². The van der Waals surface area contributed by atoms with Crippen LogP contribution in [-0.2, 0) is 0 Å². The summed E-state index contributed by atoms with van der Waals surface area (Å²) in [4.78, 5) is 0. The Hall–Kier alpha value is -1.28. The van der Waals surface area contributed by atoms with Gasteiger partial charge in [-0.05, 0) is 26.8 Å². The normalized spacial score (nSPS) is 12.2. The monoisotopic (exact) mass is 219 g/mol. The lowest BCUT2D eigenvalue weighted by atomic mass is 10.1. The zero-order valence-corrected chi connectivity index (χ0v) is 10.4. The van der Waals surface area contributed by atoms with Crippen molar-refractivity contribution in [3.8, 4) is 5.75 Å². The van der Waals surface area contributed by atoms with E-state index in [1.165, 1.54) is 5.56 Å². The molecule has 0 bridgehead atoms. The van der Waals surface area contributed by atoms with E-state index in [4.69, 9.17) is 10.5 Å². The summed E-state index contributed by atoms with van der Waals surface area (Å²) in [5.41, 5.74) is 9.33. The molecule has 0 amide bonds. The molecule has 0 saturated heterocycles. The van der Waals surface area contributed by atoms with Gasteiger partial charge in [-0.2, -0.15) is 0 Å². The zero-order chi connectivity index (χ0) is 12.1. The molecule has 2 heteroatoms. The molecule has 0 heterocycles. The molecule has 1 atom stereocenters. The minimum atomic E-state index is -0.000252. The van der Waals surface area contributed by atoms with E-state index < -0.39 is 0 Å². The molecule has 1 aromatic rings. The average Bonchev–Trinajstić information content (AvgIpc) is 2.19. The Morgan fingerprint density at radius 2 is 2.19 bits per heavy atom. The molecule has 0 aliphatic rings. The fraction of sp³-hybridized carbons (Fsp3) is 0.429. The van der Waals surface area contributed by atoms with Gasteiger partial charge in [-0.15, -0.1) is 6.58 Å². The standard InChI is InChI=1S/C14H21NO/c1-10(2)7-8-16-14-6-5-11(3)9-13(14)12(4)15/h5-6,9,12H,1,7-8,15H2,2-4H3. The van der Waals surface area contributed by atoms with Gasteiger partial charge in [0.05, 0.1) is 6.61 Å². The van der Waals surface area contributed by atoms with Crippen molar-refractivity contribution in [2.45, 2.75) is 33.2 Å². The van der Waals surface area contributed by atoms with Crippen molar-refractivity contribution in [2.24, 2.45) is 5.73 Å². The van der Waals surface area contributed by atoms with Crippen LogP contribution in [0.5, 0.6) is 5.75 Å².